The predicted octanol–water partition coefficient (Wildman–Crippen LogP) is 1.58. The Bertz CT molecular complexity index is 458. The fourth-order valence-corrected chi connectivity index (χ4v) is 3.09. The third kappa shape index (κ3) is 2.36. The van der Waals surface area contributed by atoms with Gasteiger partial charge in [-0.15, -0.1) is 0 Å². The zero-order valence-corrected chi connectivity index (χ0v) is 12.3. The summed E-state index contributed by atoms with van der Waals surface area (Å²) in [6.07, 6.45) is 3.98. The fraction of sp³-hybridized carbons (Fsp3) is 0.857. The van der Waals surface area contributed by atoms with Crippen molar-refractivity contribution in [3.63, 3.8) is 0 Å². The monoisotopic (exact) mass is 280 g/mol. The van der Waals surface area contributed by atoms with Crippen molar-refractivity contribution >= 4 is 0 Å². The van der Waals surface area contributed by atoms with Gasteiger partial charge in [0.15, 0.2) is 0 Å². The number of hydrogen-bond acceptors (Lipinski definition) is 6. The van der Waals surface area contributed by atoms with Gasteiger partial charge in [0.1, 0.15) is 6.10 Å². The minimum atomic E-state index is -0.518. The first-order chi connectivity index (χ1) is 9.66. The van der Waals surface area contributed by atoms with Crippen molar-refractivity contribution in [1.29, 1.82) is 0 Å². The minimum Gasteiger partial charge on any atom is -0.367 e. The lowest BCUT2D eigenvalue weighted by Gasteiger charge is -2.33. The Morgan fingerprint density at radius 2 is 2.20 bits per heavy atom. The van der Waals surface area contributed by atoms with Crippen LogP contribution >= 0.6 is 0 Å². The Hall–Kier alpha value is -0.980. The van der Waals surface area contributed by atoms with Crippen LogP contribution in [0.3, 0.4) is 0 Å². The molecule has 2 N–H and O–H groups in total. The molecule has 2 aliphatic rings. The van der Waals surface area contributed by atoms with Gasteiger partial charge in [0.05, 0.1) is 12.1 Å². The second-order valence-electron chi connectivity index (χ2n) is 5.93. The second-order valence-corrected chi connectivity index (χ2v) is 5.93. The summed E-state index contributed by atoms with van der Waals surface area (Å²) in [5, 5.41) is 4.10. The summed E-state index contributed by atoms with van der Waals surface area (Å²) in [7, 11) is 0. The van der Waals surface area contributed by atoms with Crippen molar-refractivity contribution in [2.45, 2.75) is 57.2 Å². The van der Waals surface area contributed by atoms with Crippen LogP contribution in [0.1, 0.15) is 57.3 Å². The minimum absolute atomic E-state index is 0.0835. The largest absolute Gasteiger partial charge is 0.367 e. The van der Waals surface area contributed by atoms with E-state index in [1.54, 1.807) is 0 Å². The molecule has 20 heavy (non-hydrogen) atoms. The van der Waals surface area contributed by atoms with Gasteiger partial charge in [0.25, 0.3) is 0 Å². The van der Waals surface area contributed by atoms with Crippen molar-refractivity contribution in [2.24, 2.45) is 5.73 Å². The van der Waals surface area contributed by atoms with Crippen LogP contribution in [0.4, 0.5) is 0 Å². The van der Waals surface area contributed by atoms with Crippen molar-refractivity contribution in [1.82, 2.24) is 15.0 Å². The molecule has 3 rings (SSSR count). The SMILES string of the molecule is CCC(N)(CC)c1nc(C2CN3CCCC3CO2)no1. The number of hydrogen-bond donors (Lipinski definition) is 1. The van der Waals surface area contributed by atoms with Gasteiger partial charge in [-0.05, 0) is 32.2 Å². The van der Waals surface area contributed by atoms with Crippen LogP contribution in [0.5, 0.6) is 0 Å². The molecule has 0 saturated carbocycles. The van der Waals surface area contributed by atoms with E-state index in [0.29, 0.717) is 17.8 Å². The van der Waals surface area contributed by atoms with Gasteiger partial charge in [-0.1, -0.05) is 19.0 Å². The third-order valence-electron chi connectivity index (χ3n) is 4.81. The van der Waals surface area contributed by atoms with Gasteiger partial charge in [-0.2, -0.15) is 4.98 Å². The molecule has 112 valence electrons. The van der Waals surface area contributed by atoms with Crippen molar-refractivity contribution in [3.05, 3.63) is 11.7 Å². The summed E-state index contributed by atoms with van der Waals surface area (Å²) in [6.45, 7) is 6.86. The summed E-state index contributed by atoms with van der Waals surface area (Å²) in [5.41, 5.74) is 5.78. The molecule has 2 fully saturated rings. The summed E-state index contributed by atoms with van der Waals surface area (Å²) >= 11 is 0. The maximum Gasteiger partial charge on any atom is 0.246 e. The van der Waals surface area contributed by atoms with Gasteiger partial charge in [-0.3, -0.25) is 4.90 Å². The van der Waals surface area contributed by atoms with Crippen LogP contribution < -0.4 is 5.73 Å². The number of ether oxygens (including phenoxy) is 1. The Balaban J connectivity index is 1.73. The number of fused-ring (bicyclic) bond motifs is 1. The molecular weight excluding hydrogens is 256 g/mol. The first-order valence-corrected chi connectivity index (χ1v) is 7.65. The van der Waals surface area contributed by atoms with E-state index in [1.807, 2.05) is 13.8 Å². The maximum absolute atomic E-state index is 6.30. The van der Waals surface area contributed by atoms with E-state index in [2.05, 4.69) is 15.0 Å². The molecule has 2 saturated heterocycles. The van der Waals surface area contributed by atoms with Crippen LogP contribution in [-0.4, -0.2) is 40.8 Å². The number of nitrogens with zero attached hydrogens (tertiary/aromatic N) is 3. The molecule has 2 atom stereocenters. The van der Waals surface area contributed by atoms with Gasteiger partial charge in [0.2, 0.25) is 11.7 Å². The van der Waals surface area contributed by atoms with Crippen LogP contribution in [0.15, 0.2) is 4.52 Å². The van der Waals surface area contributed by atoms with E-state index in [0.717, 1.165) is 32.5 Å². The van der Waals surface area contributed by atoms with Gasteiger partial charge < -0.3 is 15.0 Å². The normalized spacial score (nSPS) is 27.8. The van der Waals surface area contributed by atoms with Crippen molar-refractivity contribution in [2.75, 3.05) is 19.7 Å². The molecule has 0 amide bonds. The highest BCUT2D eigenvalue weighted by molar-refractivity contribution is 5.04. The van der Waals surface area contributed by atoms with Crippen LogP contribution in [0, 0.1) is 0 Å². The highest BCUT2D eigenvalue weighted by Crippen LogP contribution is 2.30. The van der Waals surface area contributed by atoms with E-state index >= 15 is 0 Å². The molecule has 2 unspecified atom stereocenters. The summed E-state index contributed by atoms with van der Waals surface area (Å²) in [6, 6.07) is 0.581. The van der Waals surface area contributed by atoms with Gasteiger partial charge in [-0.25, -0.2) is 0 Å². The molecule has 6 nitrogen and oxygen atoms in total. The summed E-state index contributed by atoms with van der Waals surface area (Å²) in [4.78, 5) is 6.98. The van der Waals surface area contributed by atoms with Crippen molar-refractivity contribution in [3.8, 4) is 0 Å². The van der Waals surface area contributed by atoms with E-state index < -0.39 is 5.54 Å². The average Bonchev–Trinajstić information content (AvgIpc) is 3.14. The molecule has 0 aliphatic carbocycles. The first kappa shape index (κ1) is 14.0. The summed E-state index contributed by atoms with van der Waals surface area (Å²) < 4.78 is 11.3. The van der Waals surface area contributed by atoms with Crippen molar-refractivity contribution < 1.29 is 9.26 Å². The molecule has 6 heteroatoms. The Kier molecular flexibility index (Phi) is 3.79. The lowest BCUT2D eigenvalue weighted by Crippen LogP contribution is -2.42. The molecule has 0 radical (unpaired) electrons. The highest BCUT2D eigenvalue weighted by Gasteiger charge is 2.36. The van der Waals surface area contributed by atoms with Gasteiger partial charge in [0, 0.05) is 12.6 Å². The molecule has 1 aromatic heterocycles. The maximum atomic E-state index is 6.30. The van der Waals surface area contributed by atoms with Crippen LogP contribution in [0.2, 0.25) is 0 Å². The zero-order chi connectivity index (χ0) is 14.2. The third-order valence-corrected chi connectivity index (χ3v) is 4.81. The van der Waals surface area contributed by atoms with E-state index in [1.165, 1.54) is 12.8 Å². The lowest BCUT2D eigenvalue weighted by atomic mass is 9.94. The molecule has 0 spiro atoms. The Morgan fingerprint density at radius 3 is 2.95 bits per heavy atom. The quantitative estimate of drug-likeness (QED) is 0.902. The average molecular weight is 280 g/mol. The van der Waals surface area contributed by atoms with E-state index in [4.69, 9.17) is 15.0 Å². The number of morpholine rings is 1. The second kappa shape index (κ2) is 5.42. The van der Waals surface area contributed by atoms with Crippen LogP contribution in [0.25, 0.3) is 0 Å². The fourth-order valence-electron chi connectivity index (χ4n) is 3.09. The predicted molar refractivity (Wildman–Crippen MR) is 74.0 cm³/mol. The molecule has 1 aromatic rings. The molecule has 0 bridgehead atoms. The number of aromatic nitrogens is 2. The summed E-state index contributed by atoms with van der Waals surface area (Å²) in [5.74, 6) is 1.17. The number of rotatable bonds is 4. The lowest BCUT2D eigenvalue weighted by molar-refractivity contribution is -0.0548. The van der Waals surface area contributed by atoms with E-state index in [9.17, 15) is 0 Å². The number of nitrogens with two attached hydrogens (primary N) is 1. The molecule has 0 aromatic carbocycles. The first-order valence-electron chi connectivity index (χ1n) is 7.65. The molecule has 2 aliphatic heterocycles. The smallest absolute Gasteiger partial charge is 0.246 e. The van der Waals surface area contributed by atoms with E-state index in [-0.39, 0.29) is 6.10 Å². The molecular formula is C14H24N4O2. The highest BCUT2D eigenvalue weighted by atomic mass is 16.5. The molecule has 3 heterocycles. The topological polar surface area (TPSA) is 77.4 Å². The Labute approximate surface area is 119 Å². The zero-order valence-electron chi connectivity index (χ0n) is 12.3. The van der Waals surface area contributed by atoms with Crippen LogP contribution in [-0.2, 0) is 10.3 Å². The van der Waals surface area contributed by atoms with Gasteiger partial charge >= 0.3 is 0 Å². The Morgan fingerprint density at radius 1 is 1.40 bits per heavy atom. The standard InChI is InChI=1S/C14H24N4O2/c1-3-14(15,4-2)13-16-12(17-20-13)11-8-18-7-5-6-10(18)9-19-11/h10-11H,3-9,15H2,1-2H3.